The lowest BCUT2D eigenvalue weighted by atomic mass is 10.0. The molecule has 27 heavy (non-hydrogen) atoms. The Kier molecular flexibility index (Phi) is 15.9. The van der Waals surface area contributed by atoms with Crippen LogP contribution < -0.4 is 0 Å². The summed E-state index contributed by atoms with van der Waals surface area (Å²) in [6.07, 6.45) is 6.25. The van der Waals surface area contributed by atoms with Crippen LogP contribution in [0.1, 0.15) is 76.6 Å². The number of hydrogen-bond donors (Lipinski definition) is 0. The van der Waals surface area contributed by atoms with E-state index in [4.69, 9.17) is 11.6 Å². The maximum absolute atomic E-state index is 12.1. The minimum atomic E-state index is -0.179. The summed E-state index contributed by atoms with van der Waals surface area (Å²) in [5.41, 5.74) is 0.803. The molecule has 0 aliphatic heterocycles. The molecule has 0 aromatic heterocycles. The normalized spacial score (nSPS) is 11.5. The zero-order valence-corrected chi connectivity index (χ0v) is 18.1. The van der Waals surface area contributed by atoms with Crippen molar-refractivity contribution in [2.45, 2.75) is 72.3 Å². The molecule has 0 saturated heterocycles. The smallest absolute Gasteiger partial charge is 0.306 e. The third kappa shape index (κ3) is 11.8. The molecule has 0 fully saturated rings. The highest BCUT2D eigenvalue weighted by Crippen LogP contribution is 2.08. The first-order chi connectivity index (χ1) is 13.0. The van der Waals surface area contributed by atoms with E-state index in [1.807, 2.05) is 37.3 Å². The van der Waals surface area contributed by atoms with E-state index in [1.54, 1.807) is 0 Å². The summed E-state index contributed by atoms with van der Waals surface area (Å²) in [4.78, 5) is 25.0. The molecule has 0 saturated carbocycles. The number of hydrogen-bond acceptors (Lipinski definition) is 4. The van der Waals surface area contributed by atoms with Crippen LogP contribution in [0.4, 0.5) is 0 Å². The summed E-state index contributed by atoms with van der Waals surface area (Å²) >= 11 is 5.22. The Morgan fingerprint density at radius 2 is 1.59 bits per heavy atom. The zero-order valence-electron chi connectivity index (χ0n) is 17.4. The van der Waals surface area contributed by atoms with Gasteiger partial charge in [-0.05, 0) is 26.4 Å². The van der Waals surface area contributed by atoms with Crippen molar-refractivity contribution in [1.29, 1.82) is 0 Å². The van der Waals surface area contributed by atoms with Crippen molar-refractivity contribution >= 4 is 23.4 Å². The van der Waals surface area contributed by atoms with E-state index in [9.17, 15) is 9.59 Å². The van der Waals surface area contributed by atoms with Gasteiger partial charge in [-0.3, -0.25) is 14.5 Å². The molecule has 0 amide bonds. The van der Waals surface area contributed by atoms with Gasteiger partial charge < -0.3 is 4.74 Å². The molecule has 0 bridgehead atoms. The number of benzene rings is 1. The lowest BCUT2D eigenvalue weighted by molar-refractivity contribution is -0.141. The summed E-state index contributed by atoms with van der Waals surface area (Å²) in [6.45, 7) is 10.1. The Hall–Kier alpha value is -1.39. The Balaban J connectivity index is 0.000000516. The van der Waals surface area contributed by atoms with Crippen molar-refractivity contribution in [2.24, 2.45) is 0 Å². The topological polar surface area (TPSA) is 46.6 Å². The molecule has 154 valence electrons. The van der Waals surface area contributed by atoms with Crippen molar-refractivity contribution in [3.63, 3.8) is 0 Å². The molecule has 5 heteroatoms. The van der Waals surface area contributed by atoms with Crippen LogP contribution in [-0.4, -0.2) is 41.8 Å². The van der Waals surface area contributed by atoms with Gasteiger partial charge in [0.15, 0.2) is 11.8 Å². The molecule has 1 unspecified atom stereocenters. The lowest BCUT2D eigenvalue weighted by Gasteiger charge is -2.25. The number of esters is 1. The second-order valence-electron chi connectivity index (χ2n) is 6.42. The van der Waals surface area contributed by atoms with Gasteiger partial charge in [-0.1, -0.05) is 88.4 Å². The standard InChI is InChI=1S/C13H19NO.C9H17ClO2/c1-4-14(5-2)11(3)13(15)12-9-7-6-8-10-12;1-2-3-4-5-6-7-9(11)12-8-10/h6-11H,4-5H2,1-3H3;2-8H2,1H3. The first-order valence-corrected chi connectivity index (χ1v) is 10.6. The van der Waals surface area contributed by atoms with Gasteiger partial charge in [0.05, 0.1) is 6.04 Å². The van der Waals surface area contributed by atoms with Crippen LogP contribution in [0, 0.1) is 0 Å². The second kappa shape index (κ2) is 16.8. The minimum Gasteiger partial charge on any atom is -0.449 e. The van der Waals surface area contributed by atoms with Crippen LogP contribution in [0.25, 0.3) is 0 Å². The summed E-state index contributed by atoms with van der Waals surface area (Å²) in [5.74, 6) is 0.0285. The van der Waals surface area contributed by atoms with Gasteiger partial charge in [0, 0.05) is 12.0 Å². The highest BCUT2D eigenvalue weighted by molar-refractivity contribution is 6.17. The van der Waals surface area contributed by atoms with E-state index in [0.717, 1.165) is 31.5 Å². The number of unbranched alkanes of at least 4 members (excludes halogenated alkanes) is 4. The van der Waals surface area contributed by atoms with Gasteiger partial charge in [-0.15, -0.1) is 0 Å². The number of carbonyl (C=O) groups is 2. The van der Waals surface area contributed by atoms with E-state index < -0.39 is 0 Å². The predicted octanol–water partition coefficient (Wildman–Crippen LogP) is 5.69. The van der Waals surface area contributed by atoms with Crippen LogP contribution in [0.2, 0.25) is 0 Å². The second-order valence-corrected chi connectivity index (χ2v) is 6.64. The first kappa shape index (κ1) is 25.6. The number of ether oxygens (including phenoxy) is 1. The minimum absolute atomic E-state index is 0.0200. The number of halogens is 1. The molecule has 0 aliphatic carbocycles. The quantitative estimate of drug-likeness (QED) is 0.197. The van der Waals surface area contributed by atoms with Gasteiger partial charge in [-0.2, -0.15) is 0 Å². The molecule has 1 aromatic carbocycles. The fourth-order valence-corrected chi connectivity index (χ4v) is 2.91. The van der Waals surface area contributed by atoms with E-state index >= 15 is 0 Å². The number of carbonyl (C=O) groups excluding carboxylic acids is 2. The average Bonchev–Trinajstić information content (AvgIpc) is 2.69. The monoisotopic (exact) mass is 397 g/mol. The maximum Gasteiger partial charge on any atom is 0.306 e. The Morgan fingerprint density at radius 1 is 1.00 bits per heavy atom. The third-order valence-electron chi connectivity index (χ3n) is 4.50. The number of Topliss-reactive ketones (excluding diaryl/α,β-unsaturated/α-hetero) is 1. The summed E-state index contributed by atoms with van der Waals surface area (Å²) in [7, 11) is 0. The SMILES string of the molecule is CCCCCCCC(=O)OCCl.CCN(CC)C(C)C(=O)c1ccccc1. The Labute approximate surface area is 170 Å². The highest BCUT2D eigenvalue weighted by atomic mass is 35.5. The van der Waals surface area contributed by atoms with Crippen LogP contribution in [0.15, 0.2) is 30.3 Å². The zero-order chi connectivity index (χ0) is 20.5. The van der Waals surface area contributed by atoms with Crippen molar-refractivity contribution < 1.29 is 14.3 Å². The van der Waals surface area contributed by atoms with E-state index in [-0.39, 0.29) is 23.9 Å². The largest absolute Gasteiger partial charge is 0.449 e. The molecule has 0 aliphatic rings. The molecule has 0 radical (unpaired) electrons. The maximum atomic E-state index is 12.1. The molecular formula is C22H36ClNO3. The molecule has 4 nitrogen and oxygen atoms in total. The Bertz CT molecular complexity index is 504. The van der Waals surface area contributed by atoms with Gasteiger partial charge in [0.1, 0.15) is 0 Å². The lowest BCUT2D eigenvalue weighted by Crippen LogP contribution is -2.38. The van der Waals surface area contributed by atoms with Crippen molar-refractivity contribution in [3.8, 4) is 0 Å². The van der Waals surface area contributed by atoms with Crippen LogP contribution in [-0.2, 0) is 9.53 Å². The number of rotatable bonds is 12. The molecule has 0 N–H and O–H groups in total. The van der Waals surface area contributed by atoms with Crippen molar-refractivity contribution in [3.05, 3.63) is 35.9 Å². The van der Waals surface area contributed by atoms with Crippen molar-refractivity contribution in [2.75, 3.05) is 19.2 Å². The average molecular weight is 398 g/mol. The molecular weight excluding hydrogens is 362 g/mol. The summed E-state index contributed by atoms with van der Waals surface area (Å²) < 4.78 is 4.57. The molecule has 1 aromatic rings. The van der Waals surface area contributed by atoms with E-state index in [1.165, 1.54) is 19.3 Å². The van der Waals surface area contributed by atoms with Gasteiger partial charge in [-0.25, -0.2) is 0 Å². The Morgan fingerprint density at radius 3 is 2.11 bits per heavy atom. The number of nitrogens with zero attached hydrogens (tertiary/aromatic N) is 1. The van der Waals surface area contributed by atoms with Gasteiger partial charge in [0.25, 0.3) is 0 Å². The van der Waals surface area contributed by atoms with Crippen LogP contribution in [0.5, 0.6) is 0 Å². The third-order valence-corrected chi connectivity index (χ3v) is 4.61. The fourth-order valence-electron chi connectivity index (χ4n) is 2.79. The summed E-state index contributed by atoms with van der Waals surface area (Å²) in [5, 5.41) is 0. The predicted molar refractivity (Wildman–Crippen MR) is 113 cm³/mol. The molecule has 1 atom stereocenters. The van der Waals surface area contributed by atoms with Gasteiger partial charge >= 0.3 is 5.97 Å². The fraction of sp³-hybridized carbons (Fsp3) is 0.636. The molecule has 1 rings (SSSR count). The number of likely N-dealkylation sites (N-methyl/N-ethyl adjacent to an activating group) is 1. The van der Waals surface area contributed by atoms with Crippen LogP contribution >= 0.6 is 11.6 Å². The van der Waals surface area contributed by atoms with E-state index in [0.29, 0.717) is 6.42 Å². The van der Waals surface area contributed by atoms with Crippen LogP contribution in [0.3, 0.4) is 0 Å². The van der Waals surface area contributed by atoms with Gasteiger partial charge in [0.2, 0.25) is 0 Å². The highest BCUT2D eigenvalue weighted by Gasteiger charge is 2.19. The first-order valence-electron chi connectivity index (χ1n) is 10.1. The van der Waals surface area contributed by atoms with Crippen molar-refractivity contribution in [1.82, 2.24) is 4.90 Å². The number of ketones is 1. The molecule has 0 spiro atoms. The summed E-state index contributed by atoms with van der Waals surface area (Å²) in [6, 6.07) is 9.45. The van der Waals surface area contributed by atoms with E-state index in [2.05, 4.69) is 30.4 Å². The molecule has 0 heterocycles. The number of alkyl halides is 1.